The number of nitrogens with zero attached hydrogens (tertiary/aromatic N) is 2. The molecule has 1 heterocycles. The summed E-state index contributed by atoms with van der Waals surface area (Å²) in [5.74, 6) is -1.06. The third kappa shape index (κ3) is 4.86. The van der Waals surface area contributed by atoms with Crippen molar-refractivity contribution in [2.24, 2.45) is 0 Å². The number of carboxylic acids is 1. The van der Waals surface area contributed by atoms with Gasteiger partial charge in [-0.1, -0.05) is 0 Å². The molecule has 0 aliphatic heterocycles. The van der Waals surface area contributed by atoms with E-state index in [-0.39, 0.29) is 6.54 Å². The van der Waals surface area contributed by atoms with Crippen LogP contribution in [0.1, 0.15) is 17.8 Å². The lowest BCUT2D eigenvalue weighted by Crippen LogP contribution is -2.39. The quantitative estimate of drug-likeness (QED) is 0.635. The number of carbonyl (C=O) groups is 2. The number of carboxylic acid groups (broad SMARTS) is 1. The van der Waals surface area contributed by atoms with E-state index in [0.29, 0.717) is 6.54 Å². The first-order valence-corrected chi connectivity index (χ1v) is 5.73. The van der Waals surface area contributed by atoms with Crippen molar-refractivity contribution in [1.29, 1.82) is 0 Å². The van der Waals surface area contributed by atoms with Crippen molar-refractivity contribution in [1.82, 2.24) is 20.4 Å². The molecule has 0 aliphatic carbocycles. The average molecular weight is 254 g/mol. The molecule has 0 atom stereocenters. The fourth-order valence-electron chi connectivity index (χ4n) is 1.55. The monoisotopic (exact) mass is 254 g/mol. The van der Waals surface area contributed by atoms with Gasteiger partial charge in [0.05, 0.1) is 5.69 Å². The predicted molar refractivity (Wildman–Crippen MR) is 65.4 cm³/mol. The first-order valence-electron chi connectivity index (χ1n) is 5.73. The number of urea groups is 1. The van der Waals surface area contributed by atoms with Crippen LogP contribution in [-0.2, 0) is 11.3 Å². The molecule has 0 bridgehead atoms. The van der Waals surface area contributed by atoms with Gasteiger partial charge in [0, 0.05) is 18.8 Å². The van der Waals surface area contributed by atoms with Crippen LogP contribution in [0.2, 0.25) is 0 Å². The second-order valence-electron chi connectivity index (χ2n) is 4.01. The largest absolute Gasteiger partial charge is 0.480 e. The summed E-state index contributed by atoms with van der Waals surface area (Å²) in [6, 6.07) is 1.53. The summed E-state index contributed by atoms with van der Waals surface area (Å²) in [4.78, 5) is 21.3. The van der Waals surface area contributed by atoms with E-state index in [2.05, 4.69) is 15.7 Å². The molecule has 0 aliphatic rings. The van der Waals surface area contributed by atoms with E-state index in [4.69, 9.17) is 5.11 Å². The molecule has 0 saturated carbocycles. The van der Waals surface area contributed by atoms with Crippen LogP contribution in [0.3, 0.4) is 0 Å². The number of nitrogens with one attached hydrogen (secondary N) is 2. The normalized spacial score (nSPS) is 10.1. The lowest BCUT2D eigenvalue weighted by Gasteiger charge is -2.07. The second kappa shape index (κ2) is 6.63. The Morgan fingerprint density at radius 1 is 1.39 bits per heavy atom. The number of carbonyl (C=O) groups excluding carboxylic acids is 1. The topological polar surface area (TPSA) is 96.2 Å². The van der Waals surface area contributed by atoms with Crippen LogP contribution in [-0.4, -0.2) is 40.0 Å². The Balaban J connectivity index is 2.17. The van der Waals surface area contributed by atoms with Gasteiger partial charge >= 0.3 is 12.0 Å². The molecule has 0 saturated heterocycles. The first-order chi connectivity index (χ1) is 8.49. The van der Waals surface area contributed by atoms with Crippen LogP contribution in [0, 0.1) is 13.8 Å². The van der Waals surface area contributed by atoms with Crippen molar-refractivity contribution < 1.29 is 14.7 Å². The van der Waals surface area contributed by atoms with Gasteiger partial charge in [0.15, 0.2) is 0 Å². The lowest BCUT2D eigenvalue weighted by molar-refractivity contribution is -0.135. The molecule has 7 heteroatoms. The highest BCUT2D eigenvalue weighted by Gasteiger charge is 2.03. The van der Waals surface area contributed by atoms with Crippen molar-refractivity contribution in [3.63, 3.8) is 0 Å². The minimum atomic E-state index is -1.06. The van der Waals surface area contributed by atoms with Gasteiger partial charge in [-0.05, 0) is 26.3 Å². The standard InChI is InChI=1S/C11H18N4O3/c1-8-6-9(2)15(14-8)5-3-4-12-11(18)13-7-10(16)17/h6H,3-5,7H2,1-2H3,(H,16,17)(H2,12,13,18). The minimum absolute atomic E-state index is 0.372. The average Bonchev–Trinajstić information content (AvgIpc) is 2.60. The van der Waals surface area contributed by atoms with Gasteiger partial charge in [0.1, 0.15) is 6.54 Å². The molecule has 0 spiro atoms. The highest BCUT2D eigenvalue weighted by molar-refractivity contribution is 5.79. The van der Waals surface area contributed by atoms with Gasteiger partial charge in [0.25, 0.3) is 0 Å². The summed E-state index contributed by atoms with van der Waals surface area (Å²) in [6.45, 7) is 4.74. The van der Waals surface area contributed by atoms with Crippen LogP contribution in [0.4, 0.5) is 4.79 Å². The lowest BCUT2D eigenvalue weighted by atomic mass is 10.4. The Kier molecular flexibility index (Phi) is 5.16. The summed E-state index contributed by atoms with van der Waals surface area (Å²) in [5, 5.41) is 17.5. The molecule has 0 aromatic carbocycles. The van der Waals surface area contributed by atoms with Crippen molar-refractivity contribution in [2.45, 2.75) is 26.8 Å². The molecule has 1 rings (SSSR count). The van der Waals surface area contributed by atoms with Crippen molar-refractivity contribution in [2.75, 3.05) is 13.1 Å². The Morgan fingerprint density at radius 3 is 2.67 bits per heavy atom. The van der Waals surface area contributed by atoms with Gasteiger partial charge in [-0.25, -0.2) is 4.79 Å². The zero-order valence-corrected chi connectivity index (χ0v) is 10.6. The molecule has 18 heavy (non-hydrogen) atoms. The fourth-order valence-corrected chi connectivity index (χ4v) is 1.55. The Morgan fingerprint density at radius 2 is 2.11 bits per heavy atom. The van der Waals surface area contributed by atoms with E-state index in [9.17, 15) is 9.59 Å². The van der Waals surface area contributed by atoms with Gasteiger partial charge in [-0.3, -0.25) is 9.48 Å². The molecule has 100 valence electrons. The molecule has 3 N–H and O–H groups in total. The number of hydrogen-bond acceptors (Lipinski definition) is 3. The number of aliphatic carboxylic acids is 1. The highest BCUT2D eigenvalue weighted by Crippen LogP contribution is 2.01. The van der Waals surface area contributed by atoms with Crippen LogP contribution < -0.4 is 10.6 Å². The van der Waals surface area contributed by atoms with E-state index >= 15 is 0 Å². The number of aromatic nitrogens is 2. The highest BCUT2D eigenvalue weighted by atomic mass is 16.4. The zero-order valence-electron chi connectivity index (χ0n) is 10.6. The molecule has 0 radical (unpaired) electrons. The third-order valence-electron chi connectivity index (χ3n) is 2.34. The van der Waals surface area contributed by atoms with E-state index in [0.717, 1.165) is 24.4 Å². The molecule has 7 nitrogen and oxygen atoms in total. The van der Waals surface area contributed by atoms with Gasteiger partial charge in [0.2, 0.25) is 0 Å². The zero-order chi connectivity index (χ0) is 13.5. The maximum atomic E-state index is 11.1. The minimum Gasteiger partial charge on any atom is -0.480 e. The van der Waals surface area contributed by atoms with Crippen LogP contribution in [0.25, 0.3) is 0 Å². The fraction of sp³-hybridized carbons (Fsp3) is 0.545. The van der Waals surface area contributed by atoms with Crippen molar-refractivity contribution >= 4 is 12.0 Å². The molecule has 0 fully saturated rings. The molecular weight excluding hydrogens is 236 g/mol. The Labute approximate surface area is 105 Å². The van der Waals surface area contributed by atoms with Gasteiger partial charge in [-0.2, -0.15) is 5.10 Å². The van der Waals surface area contributed by atoms with Crippen molar-refractivity contribution in [3.05, 3.63) is 17.5 Å². The Hall–Kier alpha value is -2.05. The third-order valence-corrected chi connectivity index (χ3v) is 2.34. The van der Waals surface area contributed by atoms with Gasteiger partial charge < -0.3 is 15.7 Å². The number of hydrogen-bond donors (Lipinski definition) is 3. The van der Waals surface area contributed by atoms with Crippen LogP contribution >= 0.6 is 0 Å². The van der Waals surface area contributed by atoms with Crippen LogP contribution in [0.5, 0.6) is 0 Å². The predicted octanol–water partition coefficient (Wildman–Crippen LogP) is 0.274. The second-order valence-corrected chi connectivity index (χ2v) is 4.01. The molecule has 2 amide bonds. The molecular formula is C11H18N4O3. The van der Waals surface area contributed by atoms with E-state index in [1.165, 1.54) is 0 Å². The number of rotatable bonds is 6. The Bertz CT molecular complexity index is 428. The summed E-state index contributed by atoms with van der Waals surface area (Å²) < 4.78 is 1.88. The molecule has 0 unspecified atom stereocenters. The summed E-state index contributed by atoms with van der Waals surface area (Å²) in [7, 11) is 0. The maximum Gasteiger partial charge on any atom is 0.323 e. The van der Waals surface area contributed by atoms with Crippen LogP contribution in [0.15, 0.2) is 6.07 Å². The molecule has 1 aromatic rings. The molecule has 1 aromatic heterocycles. The summed E-state index contributed by atoms with van der Waals surface area (Å²) in [6.07, 6.45) is 0.739. The van der Waals surface area contributed by atoms with Crippen molar-refractivity contribution in [3.8, 4) is 0 Å². The number of amides is 2. The summed E-state index contributed by atoms with van der Waals surface area (Å²) in [5.41, 5.74) is 2.06. The van der Waals surface area contributed by atoms with Gasteiger partial charge in [-0.15, -0.1) is 0 Å². The summed E-state index contributed by atoms with van der Waals surface area (Å²) >= 11 is 0. The van der Waals surface area contributed by atoms with E-state index in [1.54, 1.807) is 0 Å². The smallest absolute Gasteiger partial charge is 0.323 e. The first kappa shape index (κ1) is 14.0. The van der Waals surface area contributed by atoms with E-state index < -0.39 is 12.0 Å². The number of aryl methyl sites for hydroxylation is 3. The SMILES string of the molecule is Cc1cc(C)n(CCCNC(=O)NCC(=O)O)n1. The maximum absolute atomic E-state index is 11.1. The van der Waals surface area contributed by atoms with E-state index in [1.807, 2.05) is 24.6 Å².